The molecule has 0 saturated heterocycles. The highest BCUT2D eigenvalue weighted by atomic mass is 19.4. The molecule has 4 aromatic rings. The van der Waals surface area contributed by atoms with Crippen molar-refractivity contribution in [2.24, 2.45) is 5.84 Å². The number of hydrogen-bond acceptors (Lipinski definition) is 4. The first-order valence-electron chi connectivity index (χ1n) is 8.69. The fraction of sp³-hybridized carbons (Fsp3) is 0.150. The maximum Gasteiger partial charge on any atom is 0.416 e. The summed E-state index contributed by atoms with van der Waals surface area (Å²) in [5.74, 6) is 5.48. The standard InChI is InChI=1S/C20H16F3N5O/c1-11-6-15(20(21,22)23)4-2-13(11)10-28(24)19(29)12-3-5-17-16(7-12)18-14(8-25-17)9-26-27-18/h2-9H,10,24H2,1H3,(H,26,27). The van der Waals surface area contributed by atoms with Gasteiger partial charge in [-0.3, -0.25) is 19.9 Å². The number of pyridine rings is 1. The number of alkyl halides is 3. The summed E-state index contributed by atoms with van der Waals surface area (Å²) in [6.45, 7) is 1.53. The van der Waals surface area contributed by atoms with E-state index in [0.717, 1.165) is 33.4 Å². The smallest absolute Gasteiger partial charge is 0.277 e. The van der Waals surface area contributed by atoms with Gasteiger partial charge < -0.3 is 0 Å². The molecule has 0 aliphatic carbocycles. The van der Waals surface area contributed by atoms with Crippen molar-refractivity contribution in [3.63, 3.8) is 0 Å². The summed E-state index contributed by atoms with van der Waals surface area (Å²) >= 11 is 0. The van der Waals surface area contributed by atoms with Gasteiger partial charge in [0.2, 0.25) is 0 Å². The van der Waals surface area contributed by atoms with E-state index in [2.05, 4.69) is 15.2 Å². The van der Waals surface area contributed by atoms with Crippen LogP contribution >= 0.6 is 0 Å². The molecular weight excluding hydrogens is 383 g/mol. The first-order chi connectivity index (χ1) is 13.7. The lowest BCUT2D eigenvalue weighted by atomic mass is 10.0. The Kier molecular flexibility index (Phi) is 4.46. The van der Waals surface area contributed by atoms with Crippen molar-refractivity contribution in [1.82, 2.24) is 20.2 Å². The molecule has 0 radical (unpaired) electrons. The van der Waals surface area contributed by atoms with Crippen LogP contribution in [0.15, 0.2) is 48.8 Å². The minimum atomic E-state index is -4.42. The van der Waals surface area contributed by atoms with Gasteiger partial charge in [-0.2, -0.15) is 18.3 Å². The number of aromatic amines is 1. The van der Waals surface area contributed by atoms with Crippen LogP contribution in [0.2, 0.25) is 0 Å². The van der Waals surface area contributed by atoms with Crippen LogP contribution in [0, 0.1) is 6.92 Å². The molecule has 0 atom stereocenters. The van der Waals surface area contributed by atoms with Gasteiger partial charge in [0, 0.05) is 22.5 Å². The van der Waals surface area contributed by atoms with Crippen molar-refractivity contribution >= 4 is 27.7 Å². The largest absolute Gasteiger partial charge is 0.416 e. The number of benzene rings is 2. The molecule has 0 fully saturated rings. The predicted octanol–water partition coefficient (Wildman–Crippen LogP) is 3.95. The van der Waals surface area contributed by atoms with Gasteiger partial charge in [-0.1, -0.05) is 6.07 Å². The third-order valence-corrected chi connectivity index (χ3v) is 4.80. The lowest BCUT2D eigenvalue weighted by molar-refractivity contribution is -0.137. The normalized spacial score (nSPS) is 11.9. The summed E-state index contributed by atoms with van der Waals surface area (Å²) in [5, 5.41) is 9.39. The van der Waals surface area contributed by atoms with Gasteiger partial charge in [-0.05, 0) is 48.4 Å². The number of carbonyl (C=O) groups is 1. The lowest BCUT2D eigenvalue weighted by Crippen LogP contribution is -2.37. The van der Waals surface area contributed by atoms with Gasteiger partial charge in [0.1, 0.15) is 0 Å². The lowest BCUT2D eigenvalue weighted by Gasteiger charge is -2.19. The minimum absolute atomic E-state index is 0.0205. The SMILES string of the molecule is Cc1cc(C(F)(F)F)ccc1CN(N)C(=O)c1ccc2ncc3cn[nH]c3c2c1. The van der Waals surface area contributed by atoms with Crippen LogP contribution in [0.3, 0.4) is 0 Å². The first kappa shape index (κ1) is 18.9. The monoisotopic (exact) mass is 399 g/mol. The fourth-order valence-corrected chi connectivity index (χ4v) is 3.20. The number of rotatable bonds is 3. The van der Waals surface area contributed by atoms with Crippen molar-refractivity contribution in [3.05, 3.63) is 71.0 Å². The minimum Gasteiger partial charge on any atom is -0.277 e. The van der Waals surface area contributed by atoms with E-state index in [4.69, 9.17) is 5.84 Å². The van der Waals surface area contributed by atoms with Crippen LogP contribution in [-0.2, 0) is 12.7 Å². The number of halogens is 3. The number of hydrazine groups is 1. The Balaban J connectivity index is 1.61. The molecule has 6 nitrogen and oxygen atoms in total. The maximum absolute atomic E-state index is 12.8. The van der Waals surface area contributed by atoms with Crippen LogP contribution in [0.5, 0.6) is 0 Å². The Hall–Kier alpha value is -3.46. The summed E-state index contributed by atoms with van der Waals surface area (Å²) in [6.07, 6.45) is -1.09. The number of amides is 1. The van der Waals surface area contributed by atoms with Gasteiger partial charge in [0.15, 0.2) is 0 Å². The zero-order valence-corrected chi connectivity index (χ0v) is 15.3. The Bertz CT molecular complexity index is 1230. The van der Waals surface area contributed by atoms with Crippen molar-refractivity contribution in [2.45, 2.75) is 19.6 Å². The highest BCUT2D eigenvalue weighted by molar-refractivity contribution is 6.06. The highest BCUT2D eigenvalue weighted by Crippen LogP contribution is 2.30. The van der Waals surface area contributed by atoms with E-state index in [1.165, 1.54) is 6.07 Å². The van der Waals surface area contributed by atoms with Crippen molar-refractivity contribution in [2.75, 3.05) is 0 Å². The van der Waals surface area contributed by atoms with E-state index in [1.807, 2.05) is 0 Å². The van der Waals surface area contributed by atoms with Crippen LogP contribution in [-0.4, -0.2) is 26.1 Å². The molecule has 4 rings (SSSR count). The number of nitrogens with one attached hydrogen (secondary N) is 1. The van der Waals surface area contributed by atoms with Gasteiger partial charge in [0.05, 0.1) is 29.3 Å². The number of nitrogens with two attached hydrogens (primary N) is 1. The summed E-state index contributed by atoms with van der Waals surface area (Å²) in [7, 11) is 0. The summed E-state index contributed by atoms with van der Waals surface area (Å²) < 4.78 is 38.5. The maximum atomic E-state index is 12.8. The van der Waals surface area contributed by atoms with Crippen molar-refractivity contribution < 1.29 is 18.0 Å². The fourth-order valence-electron chi connectivity index (χ4n) is 3.20. The topological polar surface area (TPSA) is 87.9 Å². The van der Waals surface area contributed by atoms with Gasteiger partial charge in [-0.15, -0.1) is 0 Å². The summed E-state index contributed by atoms with van der Waals surface area (Å²) in [5.41, 5.74) is 2.00. The summed E-state index contributed by atoms with van der Waals surface area (Å²) in [4.78, 5) is 17.1. The Morgan fingerprint density at radius 2 is 1.97 bits per heavy atom. The molecule has 0 aliphatic heterocycles. The molecule has 9 heteroatoms. The average molecular weight is 399 g/mol. The number of H-pyrrole nitrogens is 1. The molecule has 0 spiro atoms. The number of aromatic nitrogens is 3. The van der Waals surface area contributed by atoms with E-state index in [9.17, 15) is 18.0 Å². The summed E-state index contributed by atoms with van der Waals surface area (Å²) in [6, 6.07) is 8.36. The number of aryl methyl sites for hydroxylation is 1. The molecule has 1 amide bonds. The second-order valence-electron chi connectivity index (χ2n) is 6.76. The van der Waals surface area contributed by atoms with Crippen LogP contribution in [0.4, 0.5) is 13.2 Å². The first-order valence-corrected chi connectivity index (χ1v) is 8.69. The van der Waals surface area contributed by atoms with E-state index >= 15 is 0 Å². The number of carbonyl (C=O) groups excluding carboxylic acids is 1. The van der Waals surface area contributed by atoms with E-state index < -0.39 is 17.6 Å². The molecule has 2 aromatic carbocycles. The van der Waals surface area contributed by atoms with Crippen LogP contribution in [0.1, 0.15) is 27.0 Å². The molecule has 29 heavy (non-hydrogen) atoms. The quantitative estimate of drug-likeness (QED) is 0.310. The molecule has 0 unspecified atom stereocenters. The van der Waals surface area contributed by atoms with Crippen LogP contribution < -0.4 is 5.84 Å². The van der Waals surface area contributed by atoms with Gasteiger partial charge in [0.25, 0.3) is 5.91 Å². The molecule has 2 heterocycles. The second kappa shape index (κ2) is 6.85. The molecule has 2 aromatic heterocycles. The zero-order valence-electron chi connectivity index (χ0n) is 15.3. The van der Waals surface area contributed by atoms with Crippen molar-refractivity contribution in [3.8, 4) is 0 Å². The molecule has 0 saturated carbocycles. The Morgan fingerprint density at radius 1 is 1.17 bits per heavy atom. The number of fused-ring (bicyclic) bond motifs is 3. The zero-order chi connectivity index (χ0) is 20.8. The van der Waals surface area contributed by atoms with Crippen molar-refractivity contribution in [1.29, 1.82) is 0 Å². The predicted molar refractivity (Wildman–Crippen MR) is 102 cm³/mol. The van der Waals surface area contributed by atoms with E-state index in [0.29, 0.717) is 22.2 Å². The third-order valence-electron chi connectivity index (χ3n) is 4.80. The van der Waals surface area contributed by atoms with E-state index in [-0.39, 0.29) is 6.54 Å². The Morgan fingerprint density at radius 3 is 2.69 bits per heavy atom. The third kappa shape index (κ3) is 3.52. The van der Waals surface area contributed by atoms with Gasteiger partial charge in [-0.25, -0.2) is 5.84 Å². The number of nitrogens with zero attached hydrogens (tertiary/aromatic N) is 3. The van der Waals surface area contributed by atoms with Crippen LogP contribution in [0.25, 0.3) is 21.8 Å². The average Bonchev–Trinajstić information content (AvgIpc) is 3.17. The molecule has 148 valence electrons. The molecule has 0 aliphatic rings. The Labute approximate surface area is 163 Å². The van der Waals surface area contributed by atoms with E-state index in [1.54, 1.807) is 37.5 Å². The molecule has 0 bridgehead atoms. The molecule has 3 N–H and O–H groups in total. The number of hydrogen-bond donors (Lipinski definition) is 2. The second-order valence-corrected chi connectivity index (χ2v) is 6.76. The molecular formula is C20H16F3N5O. The highest BCUT2D eigenvalue weighted by Gasteiger charge is 2.30. The van der Waals surface area contributed by atoms with Gasteiger partial charge >= 0.3 is 6.18 Å².